The monoisotopic (exact) mass is 500 g/mol. The summed E-state index contributed by atoms with van der Waals surface area (Å²) in [6.07, 6.45) is 0. The summed E-state index contributed by atoms with van der Waals surface area (Å²) in [5.41, 5.74) is 0.364. The topological polar surface area (TPSA) is 84.0 Å². The predicted octanol–water partition coefficient (Wildman–Crippen LogP) is 2.49. The highest BCUT2D eigenvalue weighted by molar-refractivity contribution is 14.0. The average Bonchev–Trinajstić information content (AvgIpc) is 2.53. The van der Waals surface area contributed by atoms with Crippen molar-refractivity contribution in [3.8, 4) is 11.5 Å². The molecule has 27 heavy (non-hydrogen) atoms. The number of carbonyl (C=O) groups is 1. The fourth-order valence-electron chi connectivity index (χ4n) is 2.05. The average molecular weight is 500 g/mol. The highest BCUT2D eigenvalue weighted by Gasteiger charge is 2.14. The Morgan fingerprint density at radius 2 is 1.89 bits per heavy atom. The first kappa shape index (κ1) is 25.1. The molecule has 1 rings (SSSR count). The third-order valence-electron chi connectivity index (χ3n) is 3.06. The van der Waals surface area contributed by atoms with E-state index >= 15 is 0 Å². The van der Waals surface area contributed by atoms with Crippen molar-refractivity contribution < 1.29 is 23.0 Å². The van der Waals surface area contributed by atoms with Gasteiger partial charge in [-0.1, -0.05) is 6.07 Å². The van der Waals surface area contributed by atoms with Gasteiger partial charge in [0.1, 0.15) is 0 Å². The molecule has 1 aromatic rings. The fourth-order valence-corrected chi connectivity index (χ4v) is 2.05. The lowest BCUT2D eigenvalue weighted by atomic mass is 10.1. The zero-order valence-corrected chi connectivity index (χ0v) is 18.4. The maximum absolute atomic E-state index is 12.5. The number of methoxy groups -OCH3 is 1. The van der Waals surface area contributed by atoms with E-state index < -0.39 is 6.61 Å². The number of alkyl halides is 2. The number of ether oxygens (including phenoxy) is 2. The molecular weight excluding hydrogens is 473 g/mol. The van der Waals surface area contributed by atoms with Gasteiger partial charge in [0.15, 0.2) is 17.5 Å². The van der Waals surface area contributed by atoms with Crippen LogP contribution >= 0.6 is 24.0 Å². The zero-order chi connectivity index (χ0) is 19.7. The van der Waals surface area contributed by atoms with Gasteiger partial charge < -0.3 is 25.4 Å². The van der Waals surface area contributed by atoms with Gasteiger partial charge in [-0.25, -0.2) is 0 Å². The predicted molar refractivity (Wildman–Crippen MR) is 111 cm³/mol. The second kappa shape index (κ2) is 11.8. The van der Waals surface area contributed by atoms with Gasteiger partial charge in [0, 0.05) is 19.1 Å². The Hall–Kier alpha value is -1.85. The van der Waals surface area contributed by atoms with E-state index in [1.807, 2.05) is 20.8 Å². The van der Waals surface area contributed by atoms with Gasteiger partial charge >= 0.3 is 6.61 Å². The van der Waals surface area contributed by atoms with Crippen LogP contribution in [-0.4, -0.2) is 44.7 Å². The molecule has 0 spiro atoms. The fraction of sp³-hybridized carbons (Fsp3) is 0.529. The highest BCUT2D eigenvalue weighted by Crippen LogP contribution is 2.29. The summed E-state index contributed by atoms with van der Waals surface area (Å²) in [5, 5.41) is 8.70. The molecule has 0 saturated carbocycles. The molecule has 0 aliphatic carbocycles. The normalized spacial score (nSPS) is 11.5. The Bertz CT molecular complexity index is 637. The van der Waals surface area contributed by atoms with Gasteiger partial charge in [-0.2, -0.15) is 8.78 Å². The van der Waals surface area contributed by atoms with Crippen LogP contribution in [0.4, 0.5) is 8.78 Å². The number of hydrogen-bond donors (Lipinski definition) is 3. The summed E-state index contributed by atoms with van der Waals surface area (Å²) in [6.45, 7) is 3.08. The van der Waals surface area contributed by atoms with Gasteiger partial charge in [-0.3, -0.25) is 9.79 Å². The maximum Gasteiger partial charge on any atom is 0.387 e. The van der Waals surface area contributed by atoms with Crippen LogP contribution in [-0.2, 0) is 11.3 Å². The smallest absolute Gasteiger partial charge is 0.387 e. The number of hydrogen-bond acceptors (Lipinski definition) is 4. The van der Waals surface area contributed by atoms with Crippen molar-refractivity contribution in [1.82, 2.24) is 16.0 Å². The third-order valence-corrected chi connectivity index (χ3v) is 3.06. The van der Waals surface area contributed by atoms with E-state index in [2.05, 4.69) is 25.7 Å². The van der Waals surface area contributed by atoms with Crippen LogP contribution < -0.4 is 25.4 Å². The molecule has 0 aliphatic rings. The maximum atomic E-state index is 12.5. The van der Waals surface area contributed by atoms with Crippen LogP contribution in [0.5, 0.6) is 11.5 Å². The second-order valence-corrected chi connectivity index (χ2v) is 6.44. The second-order valence-electron chi connectivity index (χ2n) is 6.44. The molecule has 0 aliphatic heterocycles. The standard InChI is InChI=1S/C17H26F2N4O3.HI/c1-17(2,3)23-14(24)10-22-16(20-4)21-9-11-6-7-12(25-5)13(8-11)26-15(18)19;/h6-8,15H,9-10H2,1-5H3,(H,23,24)(H2,20,21,22);1H. The van der Waals surface area contributed by atoms with Gasteiger partial charge in [0.25, 0.3) is 0 Å². The van der Waals surface area contributed by atoms with E-state index in [9.17, 15) is 13.6 Å². The first-order chi connectivity index (χ1) is 12.1. The Kier molecular flexibility index (Phi) is 11.0. The van der Waals surface area contributed by atoms with Crippen molar-refractivity contribution in [3.63, 3.8) is 0 Å². The van der Waals surface area contributed by atoms with Crippen LogP contribution in [0.15, 0.2) is 23.2 Å². The number of amides is 1. The molecule has 10 heteroatoms. The largest absolute Gasteiger partial charge is 0.493 e. The van der Waals surface area contributed by atoms with E-state index in [-0.39, 0.29) is 53.5 Å². The van der Waals surface area contributed by atoms with Crippen LogP contribution in [0, 0.1) is 0 Å². The van der Waals surface area contributed by atoms with Crippen molar-refractivity contribution in [1.29, 1.82) is 0 Å². The minimum absolute atomic E-state index is 0. The molecule has 0 saturated heterocycles. The number of rotatable bonds is 7. The first-order valence-corrected chi connectivity index (χ1v) is 8.02. The van der Waals surface area contributed by atoms with E-state index in [1.165, 1.54) is 13.2 Å². The summed E-state index contributed by atoms with van der Waals surface area (Å²) in [5.74, 6) is 0.406. The number of carbonyl (C=O) groups excluding carboxylic acids is 1. The van der Waals surface area contributed by atoms with Crippen molar-refractivity contribution in [2.45, 2.75) is 39.5 Å². The number of benzene rings is 1. The number of nitrogens with one attached hydrogen (secondary N) is 3. The van der Waals surface area contributed by atoms with Crippen molar-refractivity contribution in [2.24, 2.45) is 4.99 Å². The first-order valence-electron chi connectivity index (χ1n) is 8.02. The van der Waals surface area contributed by atoms with E-state index in [1.54, 1.807) is 19.2 Å². The third kappa shape index (κ3) is 10.2. The Balaban J connectivity index is 0.00000676. The Labute approximate surface area is 175 Å². The van der Waals surface area contributed by atoms with Crippen molar-refractivity contribution in [2.75, 3.05) is 20.7 Å². The summed E-state index contributed by atoms with van der Waals surface area (Å²) < 4.78 is 34.4. The molecule has 3 N–H and O–H groups in total. The molecule has 0 atom stereocenters. The number of aliphatic imine (C=N–C) groups is 1. The van der Waals surface area contributed by atoms with E-state index in [0.29, 0.717) is 18.1 Å². The molecule has 154 valence electrons. The molecule has 1 amide bonds. The lowest BCUT2D eigenvalue weighted by molar-refractivity contribution is -0.121. The van der Waals surface area contributed by atoms with Crippen molar-refractivity contribution in [3.05, 3.63) is 23.8 Å². The van der Waals surface area contributed by atoms with Crippen LogP contribution in [0.2, 0.25) is 0 Å². The zero-order valence-electron chi connectivity index (χ0n) is 16.1. The molecule has 0 aromatic heterocycles. The van der Waals surface area contributed by atoms with Gasteiger partial charge in [-0.15, -0.1) is 24.0 Å². The van der Waals surface area contributed by atoms with E-state index in [4.69, 9.17) is 4.74 Å². The summed E-state index contributed by atoms with van der Waals surface area (Å²) in [6, 6.07) is 4.71. The SMILES string of the molecule is CN=C(NCC(=O)NC(C)(C)C)NCc1ccc(OC)c(OC(F)F)c1.I. The molecule has 7 nitrogen and oxygen atoms in total. The van der Waals surface area contributed by atoms with Gasteiger partial charge in [0.2, 0.25) is 5.91 Å². The minimum atomic E-state index is -2.94. The summed E-state index contributed by atoms with van der Waals surface area (Å²) in [4.78, 5) is 15.8. The number of guanidine groups is 1. The Morgan fingerprint density at radius 1 is 1.22 bits per heavy atom. The highest BCUT2D eigenvalue weighted by atomic mass is 127. The van der Waals surface area contributed by atoms with Crippen LogP contribution in [0.1, 0.15) is 26.3 Å². The Morgan fingerprint density at radius 3 is 2.41 bits per heavy atom. The van der Waals surface area contributed by atoms with Gasteiger partial charge in [0.05, 0.1) is 13.7 Å². The molecule has 0 bridgehead atoms. The number of halogens is 3. The molecule has 0 fully saturated rings. The lowest BCUT2D eigenvalue weighted by Crippen LogP contribution is -2.48. The molecule has 0 heterocycles. The quantitative estimate of drug-likeness (QED) is 0.305. The van der Waals surface area contributed by atoms with Crippen LogP contribution in [0.3, 0.4) is 0 Å². The summed E-state index contributed by atoms with van der Waals surface area (Å²) in [7, 11) is 2.94. The molecule has 0 radical (unpaired) electrons. The van der Waals surface area contributed by atoms with Gasteiger partial charge in [-0.05, 0) is 38.5 Å². The number of nitrogens with zero attached hydrogens (tertiary/aromatic N) is 1. The molecule has 1 aromatic carbocycles. The molecule has 0 unspecified atom stereocenters. The molecular formula is C17H27F2IN4O3. The minimum Gasteiger partial charge on any atom is -0.493 e. The summed E-state index contributed by atoms with van der Waals surface area (Å²) >= 11 is 0. The van der Waals surface area contributed by atoms with E-state index in [0.717, 1.165) is 0 Å². The van der Waals surface area contributed by atoms with Crippen molar-refractivity contribution >= 4 is 35.8 Å². The lowest BCUT2D eigenvalue weighted by Gasteiger charge is -2.21. The van der Waals surface area contributed by atoms with Crippen LogP contribution in [0.25, 0.3) is 0 Å².